The van der Waals surface area contributed by atoms with Gasteiger partial charge in [-0.2, -0.15) is 0 Å². The summed E-state index contributed by atoms with van der Waals surface area (Å²) in [6.07, 6.45) is 6.37. The van der Waals surface area contributed by atoms with Crippen molar-refractivity contribution in [2.24, 2.45) is 5.73 Å². The van der Waals surface area contributed by atoms with Crippen LogP contribution in [0.4, 0.5) is 0 Å². The Morgan fingerprint density at radius 1 is 1.11 bits per heavy atom. The second-order valence-corrected chi connectivity index (χ2v) is 5.46. The van der Waals surface area contributed by atoms with Crippen molar-refractivity contribution in [2.75, 3.05) is 13.2 Å². The number of benzene rings is 1. The van der Waals surface area contributed by atoms with Gasteiger partial charge in [-0.05, 0) is 31.4 Å². The standard InChI is InChI=1S/C17H29NO/c1-4-5-6-7-8-11-19-13-17(18)16-10-9-14(2)12-15(16)3/h9-10,12,17H,4-8,11,13,18H2,1-3H3. The van der Waals surface area contributed by atoms with Gasteiger partial charge in [0.15, 0.2) is 0 Å². The molecule has 19 heavy (non-hydrogen) atoms. The van der Waals surface area contributed by atoms with E-state index >= 15 is 0 Å². The van der Waals surface area contributed by atoms with E-state index in [1.165, 1.54) is 42.4 Å². The first-order valence-electron chi connectivity index (χ1n) is 7.55. The van der Waals surface area contributed by atoms with E-state index in [0.717, 1.165) is 13.0 Å². The first kappa shape index (κ1) is 16.2. The van der Waals surface area contributed by atoms with Crippen LogP contribution >= 0.6 is 0 Å². The van der Waals surface area contributed by atoms with Crippen molar-refractivity contribution in [3.8, 4) is 0 Å². The monoisotopic (exact) mass is 263 g/mol. The fraction of sp³-hybridized carbons (Fsp3) is 0.647. The first-order chi connectivity index (χ1) is 9.15. The molecule has 0 aliphatic carbocycles. The summed E-state index contributed by atoms with van der Waals surface area (Å²) in [6.45, 7) is 7.92. The molecule has 0 saturated carbocycles. The molecule has 1 aromatic carbocycles. The average molecular weight is 263 g/mol. The molecule has 0 aliphatic heterocycles. The molecule has 2 heteroatoms. The van der Waals surface area contributed by atoms with E-state index in [1.807, 2.05) is 0 Å². The second kappa shape index (κ2) is 9.11. The number of hydrogen-bond acceptors (Lipinski definition) is 2. The lowest BCUT2D eigenvalue weighted by atomic mass is 10.0. The van der Waals surface area contributed by atoms with Gasteiger partial charge in [0.1, 0.15) is 0 Å². The Balaban J connectivity index is 2.22. The zero-order chi connectivity index (χ0) is 14.1. The Bertz CT molecular complexity index is 362. The molecule has 1 rings (SSSR count). The number of aryl methyl sites for hydroxylation is 2. The van der Waals surface area contributed by atoms with Gasteiger partial charge >= 0.3 is 0 Å². The molecule has 1 unspecified atom stereocenters. The third-order valence-electron chi connectivity index (χ3n) is 3.51. The fourth-order valence-corrected chi connectivity index (χ4v) is 2.35. The number of rotatable bonds is 9. The van der Waals surface area contributed by atoms with E-state index in [-0.39, 0.29) is 6.04 Å². The highest BCUT2D eigenvalue weighted by Gasteiger charge is 2.08. The van der Waals surface area contributed by atoms with Crippen LogP contribution in [0.1, 0.15) is 61.8 Å². The topological polar surface area (TPSA) is 35.2 Å². The molecular weight excluding hydrogens is 234 g/mol. The highest BCUT2D eigenvalue weighted by Crippen LogP contribution is 2.17. The van der Waals surface area contributed by atoms with Gasteiger partial charge in [0, 0.05) is 6.61 Å². The minimum absolute atomic E-state index is 0.00348. The van der Waals surface area contributed by atoms with Crippen LogP contribution in [0, 0.1) is 13.8 Å². The third-order valence-corrected chi connectivity index (χ3v) is 3.51. The molecule has 0 aliphatic rings. The van der Waals surface area contributed by atoms with Crippen LogP contribution in [0.3, 0.4) is 0 Å². The van der Waals surface area contributed by atoms with Crippen LogP contribution < -0.4 is 5.73 Å². The van der Waals surface area contributed by atoms with Gasteiger partial charge in [-0.1, -0.05) is 56.4 Å². The summed E-state index contributed by atoms with van der Waals surface area (Å²) in [4.78, 5) is 0. The molecular formula is C17H29NO. The summed E-state index contributed by atoms with van der Waals surface area (Å²) in [5.41, 5.74) is 9.93. The van der Waals surface area contributed by atoms with Gasteiger partial charge in [0.2, 0.25) is 0 Å². The number of ether oxygens (including phenoxy) is 1. The van der Waals surface area contributed by atoms with Crippen LogP contribution in [0.15, 0.2) is 18.2 Å². The van der Waals surface area contributed by atoms with Gasteiger partial charge in [0.25, 0.3) is 0 Å². The molecule has 2 N–H and O–H groups in total. The maximum atomic E-state index is 6.18. The molecule has 108 valence electrons. The predicted octanol–water partition coefficient (Wildman–Crippen LogP) is 4.29. The van der Waals surface area contributed by atoms with Crippen molar-refractivity contribution in [1.82, 2.24) is 0 Å². The maximum Gasteiger partial charge on any atom is 0.0659 e. The van der Waals surface area contributed by atoms with E-state index in [4.69, 9.17) is 10.5 Å². The molecule has 1 aromatic rings. The van der Waals surface area contributed by atoms with E-state index in [0.29, 0.717) is 6.61 Å². The van der Waals surface area contributed by atoms with Crippen LogP contribution in [-0.4, -0.2) is 13.2 Å². The first-order valence-corrected chi connectivity index (χ1v) is 7.55. The van der Waals surface area contributed by atoms with Gasteiger partial charge < -0.3 is 10.5 Å². The summed E-state index contributed by atoms with van der Waals surface area (Å²) in [7, 11) is 0. The zero-order valence-corrected chi connectivity index (χ0v) is 12.7. The normalized spacial score (nSPS) is 12.6. The predicted molar refractivity (Wildman–Crippen MR) is 82.4 cm³/mol. The SMILES string of the molecule is CCCCCCCOCC(N)c1ccc(C)cc1C. The van der Waals surface area contributed by atoms with E-state index < -0.39 is 0 Å². The lowest BCUT2D eigenvalue weighted by molar-refractivity contribution is 0.117. The highest BCUT2D eigenvalue weighted by atomic mass is 16.5. The van der Waals surface area contributed by atoms with Gasteiger partial charge in [-0.3, -0.25) is 0 Å². The summed E-state index contributed by atoms with van der Waals surface area (Å²) in [6, 6.07) is 6.42. The van der Waals surface area contributed by atoms with Crippen molar-refractivity contribution in [3.05, 3.63) is 34.9 Å². The van der Waals surface area contributed by atoms with Gasteiger partial charge in [-0.25, -0.2) is 0 Å². The Morgan fingerprint density at radius 2 is 1.84 bits per heavy atom. The highest BCUT2D eigenvalue weighted by molar-refractivity contribution is 5.32. The van der Waals surface area contributed by atoms with Crippen molar-refractivity contribution in [1.29, 1.82) is 0 Å². The summed E-state index contributed by atoms with van der Waals surface area (Å²) in [5, 5.41) is 0. The molecule has 0 amide bonds. The summed E-state index contributed by atoms with van der Waals surface area (Å²) < 4.78 is 5.69. The second-order valence-electron chi connectivity index (χ2n) is 5.46. The summed E-state index contributed by atoms with van der Waals surface area (Å²) >= 11 is 0. The van der Waals surface area contributed by atoms with Crippen molar-refractivity contribution in [3.63, 3.8) is 0 Å². The fourth-order valence-electron chi connectivity index (χ4n) is 2.35. The molecule has 0 fully saturated rings. The summed E-state index contributed by atoms with van der Waals surface area (Å²) in [5.74, 6) is 0. The van der Waals surface area contributed by atoms with Crippen LogP contribution in [0.25, 0.3) is 0 Å². The van der Waals surface area contributed by atoms with Crippen LogP contribution in [0.5, 0.6) is 0 Å². The number of nitrogens with two attached hydrogens (primary N) is 1. The Hall–Kier alpha value is -0.860. The molecule has 0 heterocycles. The maximum absolute atomic E-state index is 6.18. The van der Waals surface area contributed by atoms with Gasteiger partial charge in [0.05, 0.1) is 12.6 Å². The lowest BCUT2D eigenvalue weighted by Gasteiger charge is -2.15. The third kappa shape index (κ3) is 6.22. The van der Waals surface area contributed by atoms with E-state index in [1.54, 1.807) is 0 Å². The molecule has 2 nitrogen and oxygen atoms in total. The van der Waals surface area contributed by atoms with Crippen molar-refractivity contribution < 1.29 is 4.74 Å². The lowest BCUT2D eigenvalue weighted by Crippen LogP contribution is -2.18. The van der Waals surface area contributed by atoms with Gasteiger partial charge in [-0.15, -0.1) is 0 Å². The van der Waals surface area contributed by atoms with E-state index in [2.05, 4.69) is 39.0 Å². The van der Waals surface area contributed by atoms with Crippen LogP contribution in [0.2, 0.25) is 0 Å². The Labute approximate surface area is 118 Å². The smallest absolute Gasteiger partial charge is 0.0659 e. The largest absolute Gasteiger partial charge is 0.379 e. The quantitative estimate of drug-likeness (QED) is 0.674. The Kier molecular flexibility index (Phi) is 7.76. The van der Waals surface area contributed by atoms with E-state index in [9.17, 15) is 0 Å². The molecule has 1 atom stereocenters. The molecule has 0 aromatic heterocycles. The zero-order valence-electron chi connectivity index (χ0n) is 12.7. The molecule has 0 saturated heterocycles. The minimum atomic E-state index is -0.00348. The Morgan fingerprint density at radius 3 is 2.53 bits per heavy atom. The molecule has 0 radical (unpaired) electrons. The van der Waals surface area contributed by atoms with Crippen LogP contribution in [-0.2, 0) is 4.74 Å². The number of hydrogen-bond donors (Lipinski definition) is 1. The minimum Gasteiger partial charge on any atom is -0.379 e. The molecule has 0 spiro atoms. The average Bonchev–Trinajstić information content (AvgIpc) is 2.37. The number of unbranched alkanes of at least 4 members (excludes halogenated alkanes) is 4. The van der Waals surface area contributed by atoms with Crippen molar-refractivity contribution in [2.45, 2.75) is 58.9 Å². The van der Waals surface area contributed by atoms with Crippen molar-refractivity contribution >= 4 is 0 Å². The molecule has 0 bridgehead atoms.